The van der Waals surface area contributed by atoms with E-state index >= 15 is 0 Å². The van der Waals surface area contributed by atoms with Gasteiger partial charge in [0.15, 0.2) is 5.82 Å². The van der Waals surface area contributed by atoms with Crippen LogP contribution < -0.4 is 20.4 Å². The molecule has 1 aromatic carbocycles. The number of rotatable bonds is 4. The van der Waals surface area contributed by atoms with Crippen molar-refractivity contribution in [1.82, 2.24) is 9.97 Å². The molecule has 3 heterocycles. The molecule has 0 unspecified atom stereocenters. The molecule has 0 spiro atoms. The van der Waals surface area contributed by atoms with Crippen LogP contribution in [0.25, 0.3) is 0 Å². The third-order valence-corrected chi connectivity index (χ3v) is 4.99. The van der Waals surface area contributed by atoms with Crippen LogP contribution in [0.4, 0.5) is 23.1 Å². The maximum absolute atomic E-state index is 12.8. The monoisotopic (exact) mass is 396 g/mol. The van der Waals surface area contributed by atoms with E-state index in [9.17, 15) is 9.59 Å². The molecular weight excluding hydrogens is 372 g/mol. The Morgan fingerprint density at radius 3 is 2.79 bits per heavy atom. The van der Waals surface area contributed by atoms with Crippen molar-refractivity contribution in [3.8, 4) is 0 Å². The number of morpholine rings is 1. The van der Waals surface area contributed by atoms with Crippen LogP contribution in [0.2, 0.25) is 0 Å². The summed E-state index contributed by atoms with van der Waals surface area (Å²) in [6.07, 6.45) is 2.79. The van der Waals surface area contributed by atoms with E-state index in [0.717, 1.165) is 18.7 Å². The lowest BCUT2D eigenvalue weighted by Gasteiger charge is -2.28. The topological polar surface area (TPSA) is 99.7 Å². The number of nitrogens with one attached hydrogen (secondary N) is 2. The highest BCUT2D eigenvalue weighted by Crippen LogP contribution is 2.27. The molecule has 0 aliphatic carbocycles. The molecule has 29 heavy (non-hydrogen) atoms. The first-order valence-corrected chi connectivity index (χ1v) is 9.62. The fraction of sp³-hybridized carbons (Fsp3) is 0.400. The average Bonchev–Trinajstić information content (AvgIpc) is 2.74. The van der Waals surface area contributed by atoms with Gasteiger partial charge in [-0.15, -0.1) is 0 Å². The minimum absolute atomic E-state index is 0.0305. The summed E-state index contributed by atoms with van der Waals surface area (Å²) in [6, 6.07) is 5.36. The van der Waals surface area contributed by atoms with Crippen LogP contribution in [0.5, 0.6) is 0 Å². The second kappa shape index (κ2) is 8.04. The molecule has 152 valence electrons. The van der Waals surface area contributed by atoms with Crippen LogP contribution in [-0.4, -0.2) is 62.2 Å². The first-order valence-electron chi connectivity index (χ1n) is 9.62. The fourth-order valence-electron chi connectivity index (χ4n) is 3.42. The van der Waals surface area contributed by atoms with Crippen molar-refractivity contribution in [3.05, 3.63) is 35.5 Å². The fourth-order valence-corrected chi connectivity index (χ4v) is 3.42. The van der Waals surface area contributed by atoms with Crippen LogP contribution in [0.3, 0.4) is 0 Å². The molecule has 9 heteroatoms. The molecule has 2 aliphatic heterocycles. The van der Waals surface area contributed by atoms with Gasteiger partial charge in [-0.1, -0.05) is 6.07 Å². The van der Waals surface area contributed by atoms with Crippen molar-refractivity contribution in [2.45, 2.75) is 12.8 Å². The van der Waals surface area contributed by atoms with E-state index in [-0.39, 0.29) is 11.8 Å². The van der Waals surface area contributed by atoms with Gasteiger partial charge in [0, 0.05) is 44.9 Å². The highest BCUT2D eigenvalue weighted by Gasteiger charge is 2.20. The van der Waals surface area contributed by atoms with Crippen LogP contribution in [-0.2, 0) is 16.0 Å². The van der Waals surface area contributed by atoms with E-state index in [4.69, 9.17) is 4.74 Å². The molecule has 0 bridgehead atoms. The normalized spacial score (nSPS) is 16.1. The standard InChI is InChI=1S/C20H24N6O3/c1-25(2)18-16(12-21-20(24-18)26-7-9-29-10-8-26)23-19(28)14-4-3-13-5-6-17(27)22-15(13)11-14/h3-4,11-12H,5-10H2,1-2H3,(H,22,27)(H,23,28). The van der Waals surface area contributed by atoms with E-state index in [1.54, 1.807) is 18.3 Å². The van der Waals surface area contributed by atoms with E-state index in [0.29, 0.717) is 54.8 Å². The van der Waals surface area contributed by atoms with Gasteiger partial charge in [-0.3, -0.25) is 9.59 Å². The molecule has 0 atom stereocenters. The molecule has 2 aromatic rings. The number of hydrogen-bond donors (Lipinski definition) is 2. The van der Waals surface area contributed by atoms with Gasteiger partial charge in [0.05, 0.1) is 19.4 Å². The SMILES string of the molecule is CN(C)c1nc(N2CCOCC2)ncc1NC(=O)c1ccc2c(c1)NC(=O)CC2. The number of anilines is 4. The van der Waals surface area contributed by atoms with Gasteiger partial charge < -0.3 is 25.2 Å². The lowest BCUT2D eigenvalue weighted by atomic mass is 10.0. The minimum Gasteiger partial charge on any atom is -0.378 e. The molecule has 2 N–H and O–H groups in total. The van der Waals surface area contributed by atoms with Crippen molar-refractivity contribution in [2.75, 3.05) is 60.8 Å². The van der Waals surface area contributed by atoms with Gasteiger partial charge in [-0.2, -0.15) is 4.98 Å². The minimum atomic E-state index is -0.279. The predicted molar refractivity (Wildman–Crippen MR) is 111 cm³/mol. The number of aromatic nitrogens is 2. The zero-order valence-corrected chi connectivity index (χ0v) is 16.6. The molecule has 4 rings (SSSR count). The second-order valence-electron chi connectivity index (χ2n) is 7.28. The molecule has 0 saturated carbocycles. The number of carbonyl (C=O) groups excluding carboxylic acids is 2. The Balaban J connectivity index is 1.56. The Morgan fingerprint density at radius 2 is 2.03 bits per heavy atom. The Hall–Kier alpha value is -3.20. The first-order chi connectivity index (χ1) is 14.0. The number of benzene rings is 1. The molecule has 1 saturated heterocycles. The summed E-state index contributed by atoms with van der Waals surface area (Å²) < 4.78 is 5.38. The number of nitrogens with zero attached hydrogens (tertiary/aromatic N) is 4. The summed E-state index contributed by atoms with van der Waals surface area (Å²) in [7, 11) is 3.74. The van der Waals surface area contributed by atoms with Gasteiger partial charge in [0.2, 0.25) is 11.9 Å². The molecule has 9 nitrogen and oxygen atoms in total. The van der Waals surface area contributed by atoms with Gasteiger partial charge in [0.25, 0.3) is 5.91 Å². The van der Waals surface area contributed by atoms with Gasteiger partial charge >= 0.3 is 0 Å². The van der Waals surface area contributed by atoms with Gasteiger partial charge in [0.1, 0.15) is 5.69 Å². The molecular formula is C20H24N6O3. The van der Waals surface area contributed by atoms with E-state index in [1.807, 2.05) is 25.1 Å². The Kier molecular flexibility index (Phi) is 5.30. The number of fused-ring (bicyclic) bond motifs is 1. The smallest absolute Gasteiger partial charge is 0.255 e. The lowest BCUT2D eigenvalue weighted by molar-refractivity contribution is -0.116. The quantitative estimate of drug-likeness (QED) is 0.808. The number of carbonyl (C=O) groups is 2. The van der Waals surface area contributed by atoms with Crippen molar-refractivity contribution >= 4 is 35.0 Å². The lowest BCUT2D eigenvalue weighted by Crippen LogP contribution is -2.37. The van der Waals surface area contributed by atoms with E-state index < -0.39 is 0 Å². The van der Waals surface area contributed by atoms with Crippen molar-refractivity contribution in [3.63, 3.8) is 0 Å². The zero-order chi connectivity index (χ0) is 20.4. The van der Waals surface area contributed by atoms with Crippen LogP contribution in [0.1, 0.15) is 22.3 Å². The highest BCUT2D eigenvalue weighted by molar-refractivity contribution is 6.07. The number of amides is 2. The second-order valence-corrected chi connectivity index (χ2v) is 7.28. The van der Waals surface area contributed by atoms with Crippen LogP contribution in [0.15, 0.2) is 24.4 Å². The molecule has 2 amide bonds. The van der Waals surface area contributed by atoms with Crippen molar-refractivity contribution < 1.29 is 14.3 Å². The summed E-state index contributed by atoms with van der Waals surface area (Å²) in [5.41, 5.74) is 2.72. The summed E-state index contributed by atoms with van der Waals surface area (Å²) in [5.74, 6) is 0.933. The van der Waals surface area contributed by atoms with Crippen LogP contribution >= 0.6 is 0 Å². The van der Waals surface area contributed by atoms with E-state index in [1.165, 1.54) is 0 Å². The van der Waals surface area contributed by atoms with E-state index in [2.05, 4.69) is 25.5 Å². The number of ether oxygens (including phenoxy) is 1. The number of aryl methyl sites for hydroxylation is 1. The van der Waals surface area contributed by atoms with Gasteiger partial charge in [-0.05, 0) is 24.1 Å². The summed E-state index contributed by atoms with van der Waals surface area (Å²) in [5, 5.41) is 5.72. The molecule has 1 aromatic heterocycles. The number of hydrogen-bond acceptors (Lipinski definition) is 7. The molecule has 0 radical (unpaired) electrons. The predicted octanol–water partition coefficient (Wildman–Crippen LogP) is 1.52. The highest BCUT2D eigenvalue weighted by atomic mass is 16.5. The Bertz CT molecular complexity index is 940. The van der Waals surface area contributed by atoms with Crippen molar-refractivity contribution in [1.29, 1.82) is 0 Å². The largest absolute Gasteiger partial charge is 0.378 e. The van der Waals surface area contributed by atoms with Gasteiger partial charge in [-0.25, -0.2) is 4.98 Å². The first kappa shape index (κ1) is 19.1. The summed E-state index contributed by atoms with van der Waals surface area (Å²) in [6.45, 7) is 2.76. The Labute approximate surface area is 169 Å². The maximum atomic E-state index is 12.8. The summed E-state index contributed by atoms with van der Waals surface area (Å²) in [4.78, 5) is 37.4. The Morgan fingerprint density at radius 1 is 1.24 bits per heavy atom. The maximum Gasteiger partial charge on any atom is 0.255 e. The molecule has 2 aliphatic rings. The average molecular weight is 396 g/mol. The third-order valence-electron chi connectivity index (χ3n) is 4.99. The zero-order valence-electron chi connectivity index (χ0n) is 16.6. The molecule has 1 fully saturated rings. The van der Waals surface area contributed by atoms with Crippen LogP contribution in [0, 0.1) is 0 Å². The third kappa shape index (κ3) is 4.14. The summed E-state index contributed by atoms with van der Waals surface area (Å²) >= 11 is 0. The van der Waals surface area contributed by atoms with Crippen molar-refractivity contribution in [2.24, 2.45) is 0 Å².